The zero-order valence-electron chi connectivity index (χ0n) is 16.0. The number of alkyl halides is 2. The molecule has 3 aromatic heterocycles. The fraction of sp³-hybridized carbons (Fsp3) is 0.143. The molecule has 1 aromatic carbocycles. The van der Waals surface area contributed by atoms with Crippen molar-refractivity contribution in [3.05, 3.63) is 88.4 Å². The van der Waals surface area contributed by atoms with Gasteiger partial charge in [-0.15, -0.1) is 0 Å². The monoisotopic (exact) mass is 408 g/mol. The molecule has 4 aromatic rings. The van der Waals surface area contributed by atoms with Crippen LogP contribution in [0.15, 0.2) is 66.0 Å². The van der Waals surface area contributed by atoms with Crippen molar-refractivity contribution in [2.45, 2.75) is 19.9 Å². The third-order valence-corrected chi connectivity index (χ3v) is 4.39. The summed E-state index contributed by atoms with van der Waals surface area (Å²) in [6.45, 7) is 2.46. The van der Waals surface area contributed by atoms with E-state index in [1.54, 1.807) is 23.1 Å². The molecule has 0 amide bonds. The van der Waals surface area contributed by atoms with E-state index >= 15 is 0 Å². The third kappa shape index (κ3) is 4.57. The lowest BCUT2D eigenvalue weighted by Gasteiger charge is -2.09. The quantitative estimate of drug-likeness (QED) is 0.502. The largest absolute Gasteiger partial charge is 0.329 e. The maximum atomic E-state index is 12.9. The van der Waals surface area contributed by atoms with Gasteiger partial charge in [0.25, 0.3) is 6.43 Å². The molecule has 0 fully saturated rings. The average Bonchev–Trinajstić information content (AvgIpc) is 3.18. The first-order valence-electron chi connectivity index (χ1n) is 9.16. The van der Waals surface area contributed by atoms with Crippen LogP contribution in [0.25, 0.3) is 11.1 Å². The number of aromatic nitrogens is 5. The second kappa shape index (κ2) is 8.24. The summed E-state index contributed by atoms with van der Waals surface area (Å²) in [6.07, 6.45) is 3.95. The minimum Gasteiger partial charge on any atom is -0.329 e. The fourth-order valence-electron chi connectivity index (χ4n) is 3.03. The first-order chi connectivity index (χ1) is 14.5. The number of benzene rings is 1. The highest BCUT2D eigenvalue weighted by molar-refractivity contribution is 5.70. The molecule has 0 radical (unpaired) electrons. The van der Waals surface area contributed by atoms with Gasteiger partial charge in [-0.1, -0.05) is 12.1 Å². The smallest absolute Gasteiger partial charge is 0.280 e. The normalized spacial score (nSPS) is 11.1. The Morgan fingerprint density at radius 2 is 2.03 bits per heavy atom. The highest BCUT2D eigenvalue weighted by Crippen LogP contribution is 2.26. The van der Waals surface area contributed by atoms with E-state index in [4.69, 9.17) is 0 Å². The first kappa shape index (κ1) is 19.4. The molecule has 0 saturated carbocycles. The van der Waals surface area contributed by atoms with Crippen molar-refractivity contribution in [1.29, 1.82) is 0 Å². The molecule has 0 unspecified atom stereocenters. The van der Waals surface area contributed by atoms with Crippen LogP contribution in [0.4, 0.5) is 20.4 Å². The predicted octanol–water partition coefficient (Wildman–Crippen LogP) is 4.07. The van der Waals surface area contributed by atoms with Crippen LogP contribution in [0.1, 0.15) is 23.2 Å². The summed E-state index contributed by atoms with van der Waals surface area (Å²) in [5.74, 6) is 0.109. The summed E-state index contributed by atoms with van der Waals surface area (Å²) >= 11 is 0. The number of hydrogen-bond donors (Lipinski definition) is 2. The Kier molecular flexibility index (Phi) is 5.34. The maximum Gasteiger partial charge on any atom is 0.280 e. The topological polar surface area (TPSA) is 88.5 Å². The lowest BCUT2D eigenvalue weighted by Crippen LogP contribution is -2.06. The van der Waals surface area contributed by atoms with Crippen molar-refractivity contribution >= 4 is 11.6 Å². The van der Waals surface area contributed by atoms with Crippen LogP contribution in [-0.2, 0) is 6.54 Å². The van der Waals surface area contributed by atoms with Crippen LogP contribution in [0.5, 0.6) is 0 Å². The zero-order chi connectivity index (χ0) is 21.1. The SMILES string of the molecule is Cc1cc(Nc2nccc(C(F)F)n2)cc(-c2cnn(Cc3ccc(=O)[nH]c3)c2)c1. The lowest BCUT2D eigenvalue weighted by atomic mass is 10.1. The van der Waals surface area contributed by atoms with E-state index in [1.165, 1.54) is 18.3 Å². The number of H-pyrrole nitrogens is 1. The van der Waals surface area contributed by atoms with E-state index in [-0.39, 0.29) is 17.2 Å². The molecular formula is C21H18F2N6O. The van der Waals surface area contributed by atoms with Gasteiger partial charge in [0.1, 0.15) is 5.69 Å². The van der Waals surface area contributed by atoms with Gasteiger partial charge >= 0.3 is 0 Å². The van der Waals surface area contributed by atoms with Crippen LogP contribution in [-0.4, -0.2) is 24.7 Å². The summed E-state index contributed by atoms with van der Waals surface area (Å²) in [5.41, 5.74) is 3.92. The van der Waals surface area contributed by atoms with E-state index in [0.717, 1.165) is 22.3 Å². The van der Waals surface area contributed by atoms with Crippen molar-refractivity contribution < 1.29 is 8.78 Å². The number of hydrogen-bond acceptors (Lipinski definition) is 5. The Hall–Kier alpha value is -3.88. The minimum atomic E-state index is -2.66. The highest BCUT2D eigenvalue weighted by atomic mass is 19.3. The molecule has 3 heterocycles. The zero-order valence-corrected chi connectivity index (χ0v) is 16.0. The van der Waals surface area contributed by atoms with Gasteiger partial charge in [-0.3, -0.25) is 9.48 Å². The summed E-state index contributed by atoms with van der Waals surface area (Å²) in [4.78, 5) is 21.7. The van der Waals surface area contributed by atoms with Crippen molar-refractivity contribution in [2.24, 2.45) is 0 Å². The van der Waals surface area contributed by atoms with E-state index in [9.17, 15) is 13.6 Å². The lowest BCUT2D eigenvalue weighted by molar-refractivity contribution is 0.146. The van der Waals surface area contributed by atoms with E-state index in [1.807, 2.05) is 31.3 Å². The van der Waals surface area contributed by atoms with Crippen molar-refractivity contribution in [2.75, 3.05) is 5.32 Å². The Morgan fingerprint density at radius 1 is 1.17 bits per heavy atom. The first-order valence-corrected chi connectivity index (χ1v) is 9.16. The van der Waals surface area contributed by atoms with Gasteiger partial charge in [-0.25, -0.2) is 18.7 Å². The number of aryl methyl sites for hydroxylation is 1. The van der Waals surface area contributed by atoms with Gasteiger partial charge in [-0.05, 0) is 41.8 Å². The second-order valence-corrected chi connectivity index (χ2v) is 6.81. The van der Waals surface area contributed by atoms with Gasteiger partial charge in [-0.2, -0.15) is 5.10 Å². The summed E-state index contributed by atoms with van der Waals surface area (Å²) in [5, 5.41) is 7.37. The Labute approximate surface area is 170 Å². The molecule has 0 aliphatic heterocycles. The molecule has 2 N–H and O–H groups in total. The minimum absolute atomic E-state index is 0.109. The van der Waals surface area contributed by atoms with E-state index in [2.05, 4.69) is 25.4 Å². The predicted molar refractivity (Wildman–Crippen MR) is 109 cm³/mol. The number of pyridine rings is 1. The van der Waals surface area contributed by atoms with Crippen LogP contribution < -0.4 is 10.9 Å². The number of anilines is 2. The number of nitrogens with zero attached hydrogens (tertiary/aromatic N) is 4. The molecule has 0 spiro atoms. The molecule has 9 heteroatoms. The van der Waals surface area contributed by atoms with Gasteiger partial charge in [0.2, 0.25) is 11.5 Å². The Bertz CT molecular complexity index is 1210. The van der Waals surface area contributed by atoms with Crippen LogP contribution >= 0.6 is 0 Å². The molecule has 152 valence electrons. The molecule has 0 aliphatic rings. The molecule has 0 bridgehead atoms. The molecule has 0 atom stereocenters. The van der Waals surface area contributed by atoms with Crippen molar-refractivity contribution in [1.82, 2.24) is 24.7 Å². The van der Waals surface area contributed by atoms with Crippen molar-refractivity contribution in [3.8, 4) is 11.1 Å². The Balaban J connectivity index is 1.56. The van der Waals surface area contributed by atoms with Crippen LogP contribution in [0.3, 0.4) is 0 Å². The van der Waals surface area contributed by atoms with Crippen molar-refractivity contribution in [3.63, 3.8) is 0 Å². The molecule has 4 rings (SSSR count). The van der Waals surface area contributed by atoms with Gasteiger partial charge in [0.15, 0.2) is 0 Å². The molecule has 30 heavy (non-hydrogen) atoms. The number of aromatic amines is 1. The molecule has 0 aliphatic carbocycles. The van der Waals surface area contributed by atoms with E-state index < -0.39 is 6.43 Å². The average molecular weight is 408 g/mol. The third-order valence-electron chi connectivity index (χ3n) is 4.39. The number of nitrogens with one attached hydrogen (secondary N) is 2. The molecule has 0 saturated heterocycles. The van der Waals surface area contributed by atoms with Crippen LogP contribution in [0.2, 0.25) is 0 Å². The number of rotatable bonds is 6. The maximum absolute atomic E-state index is 12.9. The molecule has 7 nitrogen and oxygen atoms in total. The van der Waals surface area contributed by atoms with Gasteiger partial charge in [0.05, 0.1) is 12.7 Å². The summed E-state index contributed by atoms with van der Waals surface area (Å²) < 4.78 is 27.5. The van der Waals surface area contributed by atoms with Crippen LogP contribution in [0, 0.1) is 6.92 Å². The fourth-order valence-corrected chi connectivity index (χ4v) is 3.03. The summed E-state index contributed by atoms with van der Waals surface area (Å²) in [6, 6.07) is 10.2. The van der Waals surface area contributed by atoms with Gasteiger partial charge < -0.3 is 10.3 Å². The Morgan fingerprint density at radius 3 is 2.80 bits per heavy atom. The van der Waals surface area contributed by atoms with E-state index in [0.29, 0.717) is 12.2 Å². The number of halogens is 2. The highest BCUT2D eigenvalue weighted by Gasteiger charge is 2.11. The second-order valence-electron chi connectivity index (χ2n) is 6.81. The molecular weight excluding hydrogens is 390 g/mol. The van der Waals surface area contributed by atoms with Gasteiger partial charge in [0, 0.05) is 35.9 Å². The standard InChI is InChI=1S/C21H18F2N6O/c1-13-6-15(8-17(7-13)27-21-24-5-4-18(28-21)20(22)23)16-10-26-29(12-16)11-14-2-3-19(30)25-9-14/h2-10,12,20H,11H2,1H3,(H,25,30)(H,24,27,28). The summed E-state index contributed by atoms with van der Waals surface area (Å²) in [7, 11) is 0.